The van der Waals surface area contributed by atoms with E-state index in [1.54, 1.807) is 7.11 Å². The lowest BCUT2D eigenvalue weighted by atomic mass is 9.80. The van der Waals surface area contributed by atoms with Crippen LogP contribution < -0.4 is 4.74 Å². The molecule has 1 saturated carbocycles. The summed E-state index contributed by atoms with van der Waals surface area (Å²) in [6, 6.07) is 17.8. The molecule has 48 heavy (non-hydrogen) atoms. The number of methoxy groups -OCH3 is 1. The predicted molar refractivity (Wildman–Crippen MR) is 203 cm³/mol. The Morgan fingerprint density at radius 1 is 0.875 bits per heavy atom. The average molecular weight is 659 g/mol. The Balaban J connectivity index is 1.32. The van der Waals surface area contributed by atoms with Gasteiger partial charge in [-0.1, -0.05) is 108 Å². The molecule has 0 saturated heterocycles. The van der Waals surface area contributed by atoms with Crippen LogP contribution in [0.25, 0.3) is 5.57 Å². The summed E-state index contributed by atoms with van der Waals surface area (Å²) < 4.78 is 17.0. The van der Waals surface area contributed by atoms with Crippen molar-refractivity contribution in [2.24, 2.45) is 17.8 Å². The van der Waals surface area contributed by atoms with Crippen LogP contribution in [-0.4, -0.2) is 38.1 Å². The maximum absolute atomic E-state index is 10.4. The number of allylic oxidation sites excluding steroid dienone is 4. The van der Waals surface area contributed by atoms with Gasteiger partial charge in [0, 0.05) is 20.1 Å². The third-order valence-corrected chi connectivity index (χ3v) is 10.1. The summed E-state index contributed by atoms with van der Waals surface area (Å²) in [6.07, 6.45) is 20.3. The quantitative estimate of drug-likeness (QED) is 0.0824. The highest BCUT2D eigenvalue weighted by Crippen LogP contribution is 2.34. The first kappa shape index (κ1) is 39.6. The highest BCUT2D eigenvalue weighted by atomic mass is 16.5. The van der Waals surface area contributed by atoms with Gasteiger partial charge in [0.1, 0.15) is 18.1 Å². The summed E-state index contributed by atoms with van der Waals surface area (Å²) in [5, 5.41) is 10.4. The van der Waals surface area contributed by atoms with E-state index in [4.69, 9.17) is 14.2 Å². The smallest absolute Gasteiger partial charge is 0.119 e. The van der Waals surface area contributed by atoms with Crippen molar-refractivity contribution < 1.29 is 19.3 Å². The fourth-order valence-electron chi connectivity index (χ4n) is 6.73. The van der Waals surface area contributed by atoms with Gasteiger partial charge < -0.3 is 19.3 Å². The molecule has 1 atom stereocenters. The summed E-state index contributed by atoms with van der Waals surface area (Å²) in [5.41, 5.74) is 6.59. The van der Waals surface area contributed by atoms with Crippen molar-refractivity contribution in [1.29, 1.82) is 0 Å². The number of ether oxygens (including phenoxy) is 3. The van der Waals surface area contributed by atoms with Gasteiger partial charge in [-0.25, -0.2) is 0 Å². The highest BCUT2D eigenvalue weighted by Gasteiger charge is 2.18. The second kappa shape index (κ2) is 22.7. The van der Waals surface area contributed by atoms with Crippen LogP contribution in [0.15, 0.2) is 78.6 Å². The van der Waals surface area contributed by atoms with Crippen LogP contribution >= 0.6 is 0 Å². The van der Waals surface area contributed by atoms with Crippen molar-refractivity contribution in [3.05, 3.63) is 95.3 Å². The van der Waals surface area contributed by atoms with E-state index in [1.807, 2.05) is 31.2 Å². The molecule has 1 N–H and O–H groups in total. The summed E-state index contributed by atoms with van der Waals surface area (Å²) >= 11 is 0. The third kappa shape index (κ3) is 15.2. The minimum absolute atomic E-state index is 0.263. The molecule has 1 aliphatic rings. The van der Waals surface area contributed by atoms with Gasteiger partial charge in [0.2, 0.25) is 0 Å². The Bertz CT molecular complexity index is 1210. The molecule has 4 nitrogen and oxygen atoms in total. The monoisotopic (exact) mass is 658 g/mol. The first-order valence-corrected chi connectivity index (χ1v) is 18.9. The number of hydrogen-bond acceptors (Lipinski definition) is 4. The summed E-state index contributed by atoms with van der Waals surface area (Å²) in [5.74, 6) is 3.66. The van der Waals surface area contributed by atoms with Gasteiger partial charge in [-0.15, -0.1) is 0 Å². The van der Waals surface area contributed by atoms with Gasteiger partial charge in [0.25, 0.3) is 0 Å². The van der Waals surface area contributed by atoms with Crippen LogP contribution in [0.4, 0.5) is 0 Å². The Hall–Kier alpha value is -2.82. The molecule has 0 bridgehead atoms. The molecular formula is C44H66O4. The molecule has 0 spiro atoms. The highest BCUT2D eigenvalue weighted by molar-refractivity contribution is 5.64. The van der Waals surface area contributed by atoms with Gasteiger partial charge in [-0.05, 0) is 116 Å². The number of aryl methyl sites for hydroxylation is 2. The Morgan fingerprint density at radius 3 is 2.15 bits per heavy atom. The average Bonchev–Trinajstić information content (AvgIpc) is 3.07. The Labute approximate surface area is 293 Å². The minimum atomic E-state index is -0.577. The van der Waals surface area contributed by atoms with Crippen LogP contribution in [-0.2, 0) is 22.3 Å². The normalized spacial score (nSPS) is 18.3. The molecule has 0 radical (unpaired) electrons. The number of aliphatic hydroxyl groups excluding tert-OH is 1. The van der Waals surface area contributed by atoms with Crippen molar-refractivity contribution >= 4 is 5.57 Å². The SMILES string of the molecule is C=C(CC1CCCC(CCc2ccc(CCCCCOC)cc2)CCC1)c1ccc(OCCC(O)COC(/C=C\C)=C(/C)C(C)C)cc1. The zero-order valence-corrected chi connectivity index (χ0v) is 31.0. The van der Waals surface area contributed by atoms with Gasteiger partial charge in [-0.2, -0.15) is 0 Å². The second-order valence-corrected chi connectivity index (χ2v) is 14.4. The fraction of sp³-hybridized carbons (Fsp3) is 0.591. The zero-order chi connectivity index (χ0) is 34.6. The summed E-state index contributed by atoms with van der Waals surface area (Å²) in [6.45, 7) is 14.4. The van der Waals surface area contributed by atoms with E-state index in [2.05, 4.69) is 63.7 Å². The van der Waals surface area contributed by atoms with Crippen LogP contribution in [0.5, 0.6) is 5.75 Å². The molecule has 0 aliphatic heterocycles. The Morgan fingerprint density at radius 2 is 1.52 bits per heavy atom. The van der Waals surface area contributed by atoms with Crippen molar-refractivity contribution in [1.82, 2.24) is 0 Å². The van der Waals surface area contributed by atoms with Crippen molar-refractivity contribution in [3.63, 3.8) is 0 Å². The molecule has 2 aromatic carbocycles. The predicted octanol–water partition coefficient (Wildman–Crippen LogP) is 11.3. The van der Waals surface area contributed by atoms with Gasteiger partial charge in [-0.3, -0.25) is 0 Å². The van der Waals surface area contributed by atoms with Crippen LogP contribution in [0, 0.1) is 17.8 Å². The number of unbranched alkanes of at least 4 members (excludes halogenated alkanes) is 2. The largest absolute Gasteiger partial charge is 0.493 e. The number of hydrogen-bond donors (Lipinski definition) is 1. The van der Waals surface area contributed by atoms with Crippen LogP contribution in [0.1, 0.15) is 121 Å². The third-order valence-electron chi connectivity index (χ3n) is 10.1. The van der Waals surface area contributed by atoms with Crippen LogP contribution in [0.2, 0.25) is 0 Å². The van der Waals surface area contributed by atoms with Crippen LogP contribution in [0.3, 0.4) is 0 Å². The van der Waals surface area contributed by atoms with E-state index in [-0.39, 0.29) is 6.61 Å². The molecule has 2 aromatic rings. The van der Waals surface area contributed by atoms with E-state index in [0.29, 0.717) is 18.9 Å². The van der Waals surface area contributed by atoms with Gasteiger partial charge >= 0.3 is 0 Å². The molecule has 0 heterocycles. The molecule has 266 valence electrons. The number of rotatable bonds is 21. The molecule has 1 fully saturated rings. The lowest BCUT2D eigenvalue weighted by Gasteiger charge is -2.25. The lowest BCUT2D eigenvalue weighted by molar-refractivity contribution is 0.0581. The number of aliphatic hydroxyl groups is 1. The molecule has 1 unspecified atom stereocenters. The fourth-order valence-corrected chi connectivity index (χ4v) is 6.73. The summed E-state index contributed by atoms with van der Waals surface area (Å²) in [7, 11) is 1.78. The molecule has 0 amide bonds. The zero-order valence-electron chi connectivity index (χ0n) is 31.0. The van der Waals surface area contributed by atoms with Crippen molar-refractivity contribution in [2.45, 2.75) is 124 Å². The van der Waals surface area contributed by atoms with E-state index < -0.39 is 6.10 Å². The van der Waals surface area contributed by atoms with Crippen molar-refractivity contribution in [3.8, 4) is 5.75 Å². The van der Waals surface area contributed by atoms with Gasteiger partial charge in [0.05, 0.1) is 12.7 Å². The molecular weight excluding hydrogens is 592 g/mol. The molecule has 3 rings (SSSR count). The molecule has 0 aromatic heterocycles. The first-order chi connectivity index (χ1) is 23.3. The maximum atomic E-state index is 10.4. The maximum Gasteiger partial charge on any atom is 0.119 e. The number of benzene rings is 2. The Kier molecular flexibility index (Phi) is 18.8. The topological polar surface area (TPSA) is 47.9 Å². The van der Waals surface area contributed by atoms with E-state index in [9.17, 15) is 5.11 Å². The van der Waals surface area contributed by atoms with E-state index >= 15 is 0 Å². The molecule has 4 heteroatoms. The van der Waals surface area contributed by atoms with E-state index in [1.165, 1.54) is 98.5 Å². The standard InChI is InChI=1S/C44H66O4/c1-7-13-44(36(5)34(2)3)48-33-42(45)29-31-47-43-27-25-41(26-28-43)35(4)32-40-17-11-15-37(16-12-18-40)19-22-39-23-20-38(21-24-39)14-9-8-10-30-46-6/h7,13,20-21,23-28,34,37,40,42,45H,4,8-12,14-19,22,29-33H2,1-3,5-6H3/b13-7-,44-36-. The minimum Gasteiger partial charge on any atom is -0.493 e. The van der Waals surface area contributed by atoms with Gasteiger partial charge in [0.15, 0.2) is 0 Å². The second-order valence-electron chi connectivity index (χ2n) is 14.4. The summed E-state index contributed by atoms with van der Waals surface area (Å²) in [4.78, 5) is 0. The van der Waals surface area contributed by atoms with E-state index in [0.717, 1.165) is 42.8 Å². The lowest BCUT2D eigenvalue weighted by Crippen LogP contribution is -2.18. The first-order valence-electron chi connectivity index (χ1n) is 18.9. The molecule has 1 aliphatic carbocycles. The van der Waals surface area contributed by atoms with Crippen molar-refractivity contribution in [2.75, 3.05) is 26.9 Å².